The molecule has 3 aromatic rings. The minimum atomic E-state index is -0.243. The van der Waals surface area contributed by atoms with Crippen LogP contribution in [0, 0.1) is 0 Å². The number of aliphatic hydroxyl groups is 1. The molecular weight excluding hydrogens is 356 g/mol. The molecule has 7 nitrogen and oxygen atoms in total. The van der Waals surface area contributed by atoms with Crippen molar-refractivity contribution in [3.8, 4) is 0 Å². The topological polar surface area (TPSA) is 93.3 Å². The van der Waals surface area contributed by atoms with Gasteiger partial charge in [-0.25, -0.2) is 15.0 Å². The zero-order valence-corrected chi connectivity index (χ0v) is 17.0. The molecule has 0 saturated heterocycles. The molecule has 0 saturated carbocycles. The summed E-state index contributed by atoms with van der Waals surface area (Å²) in [7, 11) is 0. The number of aromatic nitrogens is 3. The molecule has 0 radical (unpaired) electrons. The van der Waals surface area contributed by atoms with Gasteiger partial charge < -0.3 is 19.6 Å². The first-order chi connectivity index (χ1) is 13.5. The Kier molecular flexibility index (Phi) is 4.97. The number of anilines is 1. The summed E-state index contributed by atoms with van der Waals surface area (Å²) in [6, 6.07) is -0.0869. The average Bonchev–Trinajstić information content (AvgIpc) is 3.04. The number of aryl methyl sites for hydroxylation is 1. The molecule has 7 heteroatoms. The zero-order chi connectivity index (χ0) is 19.9. The number of pyridine rings is 1. The molecule has 150 valence electrons. The van der Waals surface area contributed by atoms with Gasteiger partial charge in [0.2, 0.25) is 5.71 Å². The predicted octanol–water partition coefficient (Wildman–Crippen LogP) is 3.76. The summed E-state index contributed by atoms with van der Waals surface area (Å²) in [6.07, 6.45) is 5.00. The Morgan fingerprint density at radius 3 is 2.79 bits per heavy atom. The lowest BCUT2D eigenvalue weighted by Gasteiger charge is -2.33. The van der Waals surface area contributed by atoms with Gasteiger partial charge in [-0.05, 0) is 32.3 Å². The Hall–Kier alpha value is -2.25. The quantitative estimate of drug-likeness (QED) is 0.668. The summed E-state index contributed by atoms with van der Waals surface area (Å²) in [6.45, 7) is 8.98. The molecule has 4 heterocycles. The number of nitrogens with one attached hydrogen (secondary N) is 1. The number of fused-ring (bicyclic) bond motifs is 5. The van der Waals surface area contributed by atoms with Crippen LogP contribution in [0.4, 0.5) is 5.82 Å². The third-order valence-electron chi connectivity index (χ3n) is 5.45. The summed E-state index contributed by atoms with van der Waals surface area (Å²) in [4.78, 5) is 13.7. The van der Waals surface area contributed by atoms with E-state index >= 15 is 0 Å². The summed E-state index contributed by atoms with van der Waals surface area (Å²) in [5.41, 5.74) is 5.17. The van der Waals surface area contributed by atoms with Crippen molar-refractivity contribution in [3.63, 3.8) is 0 Å². The van der Waals surface area contributed by atoms with Crippen LogP contribution in [0.15, 0.2) is 10.7 Å². The Bertz CT molecular complexity index is 1010. The van der Waals surface area contributed by atoms with Crippen molar-refractivity contribution in [2.75, 3.05) is 11.9 Å². The van der Waals surface area contributed by atoms with Gasteiger partial charge in [0.25, 0.3) is 0 Å². The van der Waals surface area contributed by atoms with Crippen LogP contribution >= 0.6 is 0 Å². The first-order valence-corrected chi connectivity index (χ1v) is 10.1. The highest BCUT2D eigenvalue weighted by Crippen LogP contribution is 2.39. The highest BCUT2D eigenvalue weighted by atomic mass is 16.5. The number of furan rings is 1. The minimum Gasteiger partial charge on any atom is -0.432 e. The Labute approximate surface area is 164 Å². The number of ether oxygens (including phenoxy) is 1. The van der Waals surface area contributed by atoms with Crippen molar-refractivity contribution >= 4 is 28.0 Å². The third-order valence-corrected chi connectivity index (χ3v) is 5.45. The Morgan fingerprint density at radius 2 is 2.07 bits per heavy atom. The lowest BCUT2D eigenvalue weighted by atomic mass is 9.88. The van der Waals surface area contributed by atoms with E-state index in [9.17, 15) is 5.11 Å². The van der Waals surface area contributed by atoms with Crippen LogP contribution in [0.2, 0.25) is 0 Å². The maximum Gasteiger partial charge on any atom is 0.229 e. The Balaban J connectivity index is 1.96. The van der Waals surface area contributed by atoms with Gasteiger partial charge in [0.15, 0.2) is 11.4 Å². The van der Waals surface area contributed by atoms with Crippen LogP contribution in [0.1, 0.15) is 57.4 Å². The van der Waals surface area contributed by atoms with E-state index in [1.807, 2.05) is 6.92 Å². The van der Waals surface area contributed by atoms with Gasteiger partial charge in [-0.15, -0.1) is 0 Å². The van der Waals surface area contributed by atoms with Crippen LogP contribution in [-0.4, -0.2) is 38.3 Å². The monoisotopic (exact) mass is 384 g/mol. The van der Waals surface area contributed by atoms with Crippen LogP contribution in [0.5, 0.6) is 0 Å². The number of hydrogen-bond donors (Lipinski definition) is 2. The molecule has 0 aliphatic carbocycles. The second-order valence-corrected chi connectivity index (χ2v) is 8.11. The SMILES string of the molecule is CCCc1nc2oc3c(NC(CC)CO)ncnc3c2c2c1COC(C)(C)C2. The molecule has 0 spiro atoms. The molecule has 0 amide bonds. The first kappa shape index (κ1) is 19.1. The molecule has 28 heavy (non-hydrogen) atoms. The van der Waals surface area contributed by atoms with Crippen LogP contribution in [0.3, 0.4) is 0 Å². The Morgan fingerprint density at radius 1 is 1.25 bits per heavy atom. The molecule has 1 aliphatic rings. The maximum absolute atomic E-state index is 9.55. The second kappa shape index (κ2) is 7.29. The van der Waals surface area contributed by atoms with E-state index in [0.717, 1.165) is 42.3 Å². The lowest BCUT2D eigenvalue weighted by Crippen LogP contribution is -2.32. The molecule has 2 N–H and O–H groups in total. The van der Waals surface area contributed by atoms with Crippen LogP contribution in [-0.2, 0) is 24.2 Å². The molecule has 0 aromatic carbocycles. The third kappa shape index (κ3) is 3.22. The largest absolute Gasteiger partial charge is 0.432 e. The standard InChI is InChI=1S/C21H28N4O3/c1-5-7-15-14-10-27-21(3,4)8-13(14)16-17-18(28-20(16)25-15)19(23-11-22-17)24-12(6-2)9-26/h11-12,26H,5-10H2,1-4H3,(H,22,23,24). The summed E-state index contributed by atoms with van der Waals surface area (Å²) in [5, 5.41) is 13.8. The van der Waals surface area contributed by atoms with Crippen LogP contribution in [0.25, 0.3) is 22.2 Å². The minimum absolute atomic E-state index is 0.0298. The highest BCUT2D eigenvalue weighted by molar-refractivity contribution is 6.06. The van der Waals surface area contributed by atoms with Gasteiger partial charge in [0.05, 0.1) is 35.9 Å². The maximum atomic E-state index is 9.55. The molecule has 3 aromatic heterocycles. The van der Waals surface area contributed by atoms with Gasteiger partial charge in [0, 0.05) is 12.0 Å². The van der Waals surface area contributed by atoms with Gasteiger partial charge in [-0.1, -0.05) is 20.3 Å². The molecule has 0 bridgehead atoms. The van der Waals surface area contributed by atoms with Gasteiger partial charge in [0.1, 0.15) is 11.8 Å². The predicted molar refractivity (Wildman–Crippen MR) is 108 cm³/mol. The molecule has 1 atom stereocenters. The van der Waals surface area contributed by atoms with Gasteiger partial charge >= 0.3 is 0 Å². The van der Waals surface area contributed by atoms with E-state index in [0.29, 0.717) is 23.7 Å². The average molecular weight is 384 g/mol. The number of aliphatic hydroxyl groups excluding tert-OH is 1. The van der Waals surface area contributed by atoms with E-state index < -0.39 is 0 Å². The van der Waals surface area contributed by atoms with Crippen LogP contribution < -0.4 is 5.32 Å². The zero-order valence-electron chi connectivity index (χ0n) is 17.0. The fraction of sp³-hybridized carbons (Fsp3) is 0.571. The van der Waals surface area contributed by atoms with Crippen molar-refractivity contribution in [2.45, 2.75) is 71.6 Å². The number of nitrogens with zero attached hydrogens (tertiary/aromatic N) is 3. The van der Waals surface area contributed by atoms with Crippen molar-refractivity contribution in [3.05, 3.63) is 23.1 Å². The summed E-state index contributed by atoms with van der Waals surface area (Å²) in [5.74, 6) is 0.598. The van der Waals surface area contributed by atoms with E-state index in [-0.39, 0.29) is 18.2 Å². The number of hydrogen-bond acceptors (Lipinski definition) is 7. The van der Waals surface area contributed by atoms with Gasteiger partial charge in [-0.2, -0.15) is 0 Å². The van der Waals surface area contributed by atoms with Crippen molar-refractivity contribution in [2.24, 2.45) is 0 Å². The molecule has 0 fully saturated rings. The highest BCUT2D eigenvalue weighted by Gasteiger charge is 2.32. The fourth-order valence-electron chi connectivity index (χ4n) is 3.89. The van der Waals surface area contributed by atoms with E-state index in [4.69, 9.17) is 14.1 Å². The lowest BCUT2D eigenvalue weighted by molar-refractivity contribution is -0.0401. The molecule has 1 unspecified atom stereocenters. The van der Waals surface area contributed by atoms with Gasteiger partial charge in [-0.3, -0.25) is 0 Å². The normalized spacial score (nSPS) is 17.0. The smallest absolute Gasteiger partial charge is 0.229 e. The van der Waals surface area contributed by atoms with Crippen molar-refractivity contribution in [1.29, 1.82) is 0 Å². The molecular formula is C21H28N4O3. The van der Waals surface area contributed by atoms with E-state index in [1.165, 1.54) is 11.1 Å². The molecule has 4 rings (SSSR count). The number of rotatable bonds is 6. The van der Waals surface area contributed by atoms with E-state index in [1.54, 1.807) is 6.33 Å². The van der Waals surface area contributed by atoms with Crippen molar-refractivity contribution < 1.29 is 14.3 Å². The summed E-state index contributed by atoms with van der Waals surface area (Å²) < 4.78 is 12.3. The second-order valence-electron chi connectivity index (χ2n) is 8.11. The van der Waals surface area contributed by atoms with E-state index in [2.05, 4.69) is 36.1 Å². The van der Waals surface area contributed by atoms with Crippen molar-refractivity contribution in [1.82, 2.24) is 15.0 Å². The molecule has 1 aliphatic heterocycles. The fourth-order valence-corrected chi connectivity index (χ4v) is 3.89. The summed E-state index contributed by atoms with van der Waals surface area (Å²) >= 11 is 0. The first-order valence-electron chi connectivity index (χ1n) is 10.1.